The fourth-order valence-electron chi connectivity index (χ4n) is 2.94. The number of hydrogen-bond acceptors (Lipinski definition) is 7. The minimum atomic E-state index is -0.0973. The fourth-order valence-corrected chi connectivity index (χ4v) is 3.77. The number of piperazine rings is 1. The molecule has 0 radical (unpaired) electrons. The number of fused-ring (bicyclic) bond motifs is 1. The Balaban J connectivity index is 1.65. The lowest BCUT2D eigenvalue weighted by molar-refractivity contribution is 0.123. The van der Waals surface area contributed by atoms with Crippen LogP contribution in [0.1, 0.15) is 26.0 Å². The molecule has 3 rings (SSSR count). The normalized spacial score (nSPS) is 18.1. The smallest absolute Gasteiger partial charge is 0.275 e. The molecule has 1 saturated heterocycles. The van der Waals surface area contributed by atoms with E-state index in [-0.39, 0.29) is 5.56 Å². The molecule has 7 nitrogen and oxygen atoms in total. The van der Waals surface area contributed by atoms with Gasteiger partial charge < -0.3 is 10.2 Å². The van der Waals surface area contributed by atoms with E-state index in [0.29, 0.717) is 11.0 Å². The van der Waals surface area contributed by atoms with E-state index in [0.717, 1.165) is 56.4 Å². The molecule has 3 heterocycles. The first-order chi connectivity index (χ1) is 11.6. The van der Waals surface area contributed by atoms with Crippen molar-refractivity contribution < 1.29 is 0 Å². The molecular formula is C16H26N6OS. The van der Waals surface area contributed by atoms with Crippen molar-refractivity contribution in [2.45, 2.75) is 32.7 Å². The highest BCUT2D eigenvalue weighted by atomic mass is 32.1. The first-order valence-electron chi connectivity index (χ1n) is 8.63. The van der Waals surface area contributed by atoms with Gasteiger partial charge in [0, 0.05) is 50.5 Å². The Bertz CT molecular complexity index is 734. The number of likely N-dealkylation sites (N-methyl/N-ethyl adjacent to an activating group) is 1. The van der Waals surface area contributed by atoms with E-state index in [1.807, 2.05) is 0 Å². The standard InChI is InChI=1S/C16H26N6OS/c1-4-5-13-10-14(23)22-16(18-13)24-15(19-22)17-11-12(2)21-8-6-20(3)7-9-21/h10,12H,4-9,11H2,1-3H3,(H,17,19). The van der Waals surface area contributed by atoms with Gasteiger partial charge in [-0.15, -0.1) is 5.10 Å². The lowest BCUT2D eigenvalue weighted by Crippen LogP contribution is -2.49. The molecule has 1 N–H and O–H groups in total. The molecule has 132 valence electrons. The summed E-state index contributed by atoms with van der Waals surface area (Å²) in [6.07, 6.45) is 1.81. The zero-order valence-corrected chi connectivity index (χ0v) is 15.5. The van der Waals surface area contributed by atoms with Gasteiger partial charge in [-0.05, 0) is 20.4 Å². The number of nitrogens with one attached hydrogen (secondary N) is 1. The predicted octanol–water partition coefficient (Wildman–Crippen LogP) is 1.15. The molecule has 0 bridgehead atoms. The van der Waals surface area contributed by atoms with Crippen molar-refractivity contribution >= 4 is 21.4 Å². The molecule has 8 heteroatoms. The van der Waals surface area contributed by atoms with Crippen LogP contribution in [0.3, 0.4) is 0 Å². The molecule has 0 amide bonds. The third-order valence-corrected chi connectivity index (χ3v) is 5.38. The summed E-state index contributed by atoms with van der Waals surface area (Å²) in [4.78, 5) is 22.2. The summed E-state index contributed by atoms with van der Waals surface area (Å²) in [6.45, 7) is 9.57. The van der Waals surface area contributed by atoms with E-state index in [1.165, 1.54) is 15.9 Å². The second-order valence-corrected chi connectivity index (χ2v) is 7.46. The van der Waals surface area contributed by atoms with Gasteiger partial charge in [0.1, 0.15) is 0 Å². The Morgan fingerprint density at radius 1 is 1.33 bits per heavy atom. The van der Waals surface area contributed by atoms with Gasteiger partial charge in [-0.3, -0.25) is 9.69 Å². The molecular weight excluding hydrogens is 324 g/mol. The van der Waals surface area contributed by atoms with Gasteiger partial charge in [0.25, 0.3) is 5.56 Å². The van der Waals surface area contributed by atoms with Gasteiger partial charge in [-0.25, -0.2) is 4.98 Å². The van der Waals surface area contributed by atoms with Gasteiger partial charge in [0.2, 0.25) is 10.1 Å². The Kier molecular flexibility index (Phi) is 5.47. The molecule has 0 spiro atoms. The topological polar surface area (TPSA) is 65.8 Å². The van der Waals surface area contributed by atoms with Crippen LogP contribution >= 0.6 is 11.3 Å². The maximum Gasteiger partial charge on any atom is 0.275 e. The van der Waals surface area contributed by atoms with Crippen molar-refractivity contribution in [3.05, 3.63) is 22.1 Å². The van der Waals surface area contributed by atoms with Gasteiger partial charge in [0.05, 0.1) is 0 Å². The largest absolute Gasteiger partial charge is 0.359 e. The van der Waals surface area contributed by atoms with Crippen LogP contribution in [0.2, 0.25) is 0 Å². The average Bonchev–Trinajstić information content (AvgIpc) is 2.97. The van der Waals surface area contributed by atoms with E-state index < -0.39 is 0 Å². The molecule has 0 aromatic carbocycles. The molecule has 24 heavy (non-hydrogen) atoms. The van der Waals surface area contributed by atoms with E-state index in [9.17, 15) is 4.79 Å². The van der Waals surface area contributed by atoms with Crippen LogP contribution in [-0.4, -0.2) is 70.2 Å². The third kappa shape index (κ3) is 3.93. The van der Waals surface area contributed by atoms with E-state index >= 15 is 0 Å². The summed E-state index contributed by atoms with van der Waals surface area (Å²) in [5.74, 6) is 0. The highest BCUT2D eigenvalue weighted by Crippen LogP contribution is 2.17. The lowest BCUT2D eigenvalue weighted by atomic mass is 10.2. The lowest BCUT2D eigenvalue weighted by Gasteiger charge is -2.36. The van der Waals surface area contributed by atoms with Crippen molar-refractivity contribution in [3.63, 3.8) is 0 Å². The summed E-state index contributed by atoms with van der Waals surface area (Å²) in [6, 6.07) is 2.03. The molecule has 1 fully saturated rings. The van der Waals surface area contributed by atoms with Crippen LogP contribution in [0.5, 0.6) is 0 Å². The SMILES string of the molecule is CCCc1cc(=O)n2nc(NCC(C)N3CCN(C)CC3)sc2n1. The summed E-state index contributed by atoms with van der Waals surface area (Å²) < 4.78 is 1.40. The summed E-state index contributed by atoms with van der Waals surface area (Å²) >= 11 is 1.44. The molecule has 2 aromatic heterocycles. The zero-order chi connectivity index (χ0) is 17.1. The van der Waals surface area contributed by atoms with Gasteiger partial charge >= 0.3 is 0 Å². The number of rotatable bonds is 6. The maximum absolute atomic E-state index is 12.1. The summed E-state index contributed by atoms with van der Waals surface area (Å²) in [5.41, 5.74) is 0.753. The Morgan fingerprint density at radius 2 is 2.08 bits per heavy atom. The quantitative estimate of drug-likeness (QED) is 0.843. The number of aryl methyl sites for hydroxylation is 1. The zero-order valence-electron chi connectivity index (χ0n) is 14.7. The molecule has 0 saturated carbocycles. The van der Waals surface area contributed by atoms with Gasteiger partial charge in [-0.2, -0.15) is 4.52 Å². The van der Waals surface area contributed by atoms with Crippen LogP contribution in [0.4, 0.5) is 5.13 Å². The highest BCUT2D eigenvalue weighted by Gasteiger charge is 2.19. The minimum Gasteiger partial charge on any atom is -0.359 e. The van der Waals surface area contributed by atoms with Crippen LogP contribution < -0.4 is 10.9 Å². The first-order valence-corrected chi connectivity index (χ1v) is 9.44. The summed E-state index contributed by atoms with van der Waals surface area (Å²) in [5, 5.41) is 8.50. The molecule has 0 aliphatic carbocycles. The Morgan fingerprint density at radius 3 is 2.79 bits per heavy atom. The van der Waals surface area contributed by atoms with Crippen LogP contribution in [0.25, 0.3) is 4.96 Å². The monoisotopic (exact) mass is 350 g/mol. The van der Waals surface area contributed by atoms with E-state index in [2.05, 4.69) is 46.1 Å². The molecule has 1 aliphatic heterocycles. The second kappa shape index (κ2) is 7.58. The third-order valence-electron chi connectivity index (χ3n) is 4.51. The molecule has 2 aromatic rings. The maximum atomic E-state index is 12.1. The van der Waals surface area contributed by atoms with Gasteiger partial charge in [0.15, 0.2) is 0 Å². The average molecular weight is 350 g/mol. The Labute approximate surface area is 146 Å². The van der Waals surface area contributed by atoms with Crippen molar-refractivity contribution in [2.24, 2.45) is 0 Å². The number of hydrogen-bond donors (Lipinski definition) is 1. The molecule has 1 aliphatic rings. The van der Waals surface area contributed by atoms with Crippen molar-refractivity contribution in [1.29, 1.82) is 0 Å². The van der Waals surface area contributed by atoms with E-state index in [4.69, 9.17) is 0 Å². The first kappa shape index (κ1) is 17.3. The van der Waals surface area contributed by atoms with Crippen molar-refractivity contribution in [3.8, 4) is 0 Å². The van der Waals surface area contributed by atoms with E-state index in [1.54, 1.807) is 6.07 Å². The number of anilines is 1. The van der Waals surface area contributed by atoms with Crippen LogP contribution in [-0.2, 0) is 6.42 Å². The predicted molar refractivity (Wildman–Crippen MR) is 98.2 cm³/mol. The number of aromatic nitrogens is 3. The highest BCUT2D eigenvalue weighted by molar-refractivity contribution is 7.20. The van der Waals surface area contributed by atoms with Crippen LogP contribution in [0, 0.1) is 0 Å². The van der Waals surface area contributed by atoms with Crippen LogP contribution in [0.15, 0.2) is 10.9 Å². The van der Waals surface area contributed by atoms with Gasteiger partial charge in [-0.1, -0.05) is 24.7 Å². The second-order valence-electron chi connectivity index (χ2n) is 6.51. The van der Waals surface area contributed by atoms with Crippen molar-refractivity contribution in [1.82, 2.24) is 24.4 Å². The number of nitrogens with zero attached hydrogens (tertiary/aromatic N) is 5. The fraction of sp³-hybridized carbons (Fsp3) is 0.688. The summed E-state index contributed by atoms with van der Waals surface area (Å²) in [7, 11) is 2.17. The molecule has 1 atom stereocenters. The Hall–Kier alpha value is -1.51. The molecule has 1 unspecified atom stereocenters. The minimum absolute atomic E-state index is 0.0973. The van der Waals surface area contributed by atoms with Crippen molar-refractivity contribution in [2.75, 3.05) is 45.1 Å².